The normalized spacial score (nSPS) is 13.2. The van der Waals surface area contributed by atoms with Crippen LogP contribution in [0.3, 0.4) is 0 Å². The van der Waals surface area contributed by atoms with Crippen LogP contribution >= 0.6 is 7.82 Å². The molecule has 0 atom stereocenters. The van der Waals surface area contributed by atoms with Gasteiger partial charge in [-0.05, 0) is 72.2 Å². The van der Waals surface area contributed by atoms with Gasteiger partial charge in [0.05, 0.1) is 0 Å². The smallest absolute Gasteiger partial charge is 0.404 e. The van der Waals surface area contributed by atoms with Crippen LogP contribution < -0.4 is 4.52 Å². The summed E-state index contributed by atoms with van der Waals surface area (Å²) in [7, 11) is -4.90. The van der Waals surface area contributed by atoms with Gasteiger partial charge in [0.25, 0.3) is 0 Å². The zero-order valence-electron chi connectivity index (χ0n) is 29.2. The minimum Gasteiger partial charge on any atom is -0.404 e. The average Bonchev–Trinajstić information content (AvgIpc) is 2.90. The lowest BCUT2D eigenvalue weighted by Gasteiger charge is -2.32. The van der Waals surface area contributed by atoms with E-state index in [1.54, 1.807) is 6.07 Å². The van der Waals surface area contributed by atoms with Crippen LogP contribution in [0, 0.1) is 0 Å². The third-order valence-corrected chi connectivity index (χ3v) is 8.83. The minimum atomic E-state index is -4.90. The van der Waals surface area contributed by atoms with Crippen LogP contribution in [0.25, 0.3) is 33.4 Å². The van der Waals surface area contributed by atoms with E-state index in [-0.39, 0.29) is 27.4 Å². The van der Waals surface area contributed by atoms with Gasteiger partial charge in [-0.1, -0.05) is 156 Å². The highest BCUT2D eigenvalue weighted by atomic mass is 31.2. The predicted octanol–water partition coefficient (Wildman–Crippen LogP) is 11.3. The molecule has 0 saturated carbocycles. The number of rotatable bonds is 5. The van der Waals surface area contributed by atoms with E-state index >= 15 is 0 Å². The average molecular weight is 627 g/mol. The Morgan fingerprint density at radius 3 is 1.33 bits per heavy atom. The third-order valence-electron chi connectivity index (χ3n) is 8.40. The summed E-state index contributed by atoms with van der Waals surface area (Å²) in [6.07, 6.45) is 0. The molecule has 0 fully saturated rings. The fourth-order valence-corrected chi connectivity index (χ4v) is 6.30. The van der Waals surface area contributed by atoms with Gasteiger partial charge in [0.2, 0.25) is 0 Å². The number of benzene rings is 4. The molecule has 45 heavy (non-hydrogen) atoms. The first-order valence-electron chi connectivity index (χ1n) is 15.8. The molecule has 4 nitrogen and oxygen atoms in total. The van der Waals surface area contributed by atoms with Crippen molar-refractivity contribution in [3.05, 3.63) is 101 Å². The van der Waals surface area contributed by atoms with E-state index in [1.807, 2.05) is 24.3 Å². The van der Waals surface area contributed by atoms with E-state index < -0.39 is 7.82 Å². The van der Waals surface area contributed by atoms with Gasteiger partial charge < -0.3 is 4.52 Å². The minimum absolute atomic E-state index is 0.0583. The van der Waals surface area contributed by atoms with Crippen molar-refractivity contribution < 1.29 is 18.9 Å². The van der Waals surface area contributed by atoms with E-state index in [9.17, 15) is 14.4 Å². The second-order valence-electron chi connectivity index (χ2n) is 16.3. The van der Waals surface area contributed by atoms with E-state index in [4.69, 9.17) is 4.52 Å². The highest BCUT2D eigenvalue weighted by Crippen LogP contribution is 2.53. The van der Waals surface area contributed by atoms with Crippen LogP contribution in [0.15, 0.2) is 78.9 Å². The zero-order chi connectivity index (χ0) is 33.8. The Kier molecular flexibility index (Phi) is 9.16. The Hall–Kier alpha value is -3.17. The second-order valence-corrected chi connectivity index (χ2v) is 17.5. The standard InChI is InChI=1S/C40H51O4P/c1-37(2,3)27-18-20-30(32(24-27)39(7,8)9)35-29(26-16-14-13-15-17-26)22-23-34(44-45(41,42)43)36(35)31-21-19-28(38(4,5)6)25-33(31)40(10,11)12/h13-25H,1-12H3,(H2,41,42,43). The summed E-state index contributed by atoms with van der Waals surface area (Å²) in [5, 5.41) is 0. The molecule has 0 aliphatic carbocycles. The molecule has 4 aromatic carbocycles. The highest BCUT2D eigenvalue weighted by Gasteiger charge is 2.32. The van der Waals surface area contributed by atoms with Gasteiger partial charge in [-0.2, -0.15) is 0 Å². The van der Waals surface area contributed by atoms with Gasteiger partial charge in [-0.15, -0.1) is 0 Å². The van der Waals surface area contributed by atoms with Crippen molar-refractivity contribution in [2.75, 3.05) is 0 Å². The Bertz CT molecular complexity index is 1730. The molecule has 0 heterocycles. The lowest BCUT2D eigenvalue weighted by Crippen LogP contribution is -2.19. The molecule has 0 saturated heterocycles. The number of phosphoric ester groups is 1. The molecule has 0 aliphatic rings. The maximum atomic E-state index is 12.5. The molecule has 0 unspecified atom stereocenters. The Labute approximate surface area is 271 Å². The molecule has 4 aromatic rings. The van der Waals surface area contributed by atoms with Crippen LogP contribution in [-0.2, 0) is 26.2 Å². The van der Waals surface area contributed by atoms with Crippen LogP contribution in [0.2, 0.25) is 0 Å². The van der Waals surface area contributed by atoms with E-state index in [0.29, 0.717) is 5.56 Å². The van der Waals surface area contributed by atoms with Crippen molar-refractivity contribution in [1.29, 1.82) is 0 Å². The van der Waals surface area contributed by atoms with Gasteiger partial charge in [0, 0.05) is 11.1 Å². The van der Waals surface area contributed by atoms with Crippen LogP contribution in [0.5, 0.6) is 5.75 Å². The van der Waals surface area contributed by atoms with E-state index in [2.05, 4.69) is 132 Å². The van der Waals surface area contributed by atoms with Crippen molar-refractivity contribution in [3.63, 3.8) is 0 Å². The second kappa shape index (κ2) is 11.9. The molecule has 5 heteroatoms. The van der Waals surface area contributed by atoms with Gasteiger partial charge in [0.1, 0.15) is 5.75 Å². The maximum Gasteiger partial charge on any atom is 0.524 e. The third kappa shape index (κ3) is 7.80. The fraction of sp³-hybridized carbons (Fsp3) is 0.400. The van der Waals surface area contributed by atoms with Crippen LogP contribution in [0.1, 0.15) is 105 Å². The molecule has 2 N–H and O–H groups in total. The van der Waals surface area contributed by atoms with Crippen molar-refractivity contribution in [3.8, 4) is 39.1 Å². The molecule has 0 bridgehead atoms. The lowest BCUT2D eigenvalue weighted by atomic mass is 9.73. The molecule has 0 amide bonds. The molecule has 0 aliphatic heterocycles. The number of phosphoric acid groups is 1. The SMILES string of the molecule is CC(C)(C)c1ccc(-c2c(OP(=O)(O)O)ccc(-c3ccccc3)c2-c2ccc(C(C)(C)C)cc2C(C)(C)C)c(C(C)(C)C)c1. The van der Waals surface area contributed by atoms with Gasteiger partial charge in [-0.3, -0.25) is 9.79 Å². The first-order valence-corrected chi connectivity index (χ1v) is 17.3. The molecule has 0 radical (unpaired) electrons. The Balaban J connectivity index is 2.30. The summed E-state index contributed by atoms with van der Waals surface area (Å²) in [5.74, 6) is 0.159. The molecule has 0 aromatic heterocycles. The van der Waals surface area contributed by atoms with Crippen molar-refractivity contribution in [2.45, 2.75) is 105 Å². The van der Waals surface area contributed by atoms with Crippen molar-refractivity contribution in [2.24, 2.45) is 0 Å². The maximum absolute atomic E-state index is 12.5. The number of hydrogen-bond acceptors (Lipinski definition) is 2. The summed E-state index contributed by atoms with van der Waals surface area (Å²) in [4.78, 5) is 20.3. The summed E-state index contributed by atoms with van der Waals surface area (Å²) < 4.78 is 18.1. The molecular formula is C40H51O4P. The monoisotopic (exact) mass is 626 g/mol. The predicted molar refractivity (Wildman–Crippen MR) is 190 cm³/mol. The largest absolute Gasteiger partial charge is 0.524 e. The molecule has 4 rings (SSSR count). The zero-order valence-corrected chi connectivity index (χ0v) is 30.1. The van der Waals surface area contributed by atoms with Crippen molar-refractivity contribution >= 4 is 7.82 Å². The summed E-state index contributed by atoms with van der Waals surface area (Å²) in [5.41, 5.74) is 9.48. The van der Waals surface area contributed by atoms with Crippen LogP contribution in [-0.4, -0.2) is 9.79 Å². The molecule has 0 spiro atoms. The first-order chi connectivity index (χ1) is 20.5. The molecule has 240 valence electrons. The number of hydrogen-bond donors (Lipinski definition) is 2. The summed E-state index contributed by atoms with van der Waals surface area (Å²) >= 11 is 0. The summed E-state index contributed by atoms with van der Waals surface area (Å²) in [6, 6.07) is 27.0. The molecular weight excluding hydrogens is 575 g/mol. The highest BCUT2D eigenvalue weighted by molar-refractivity contribution is 7.46. The van der Waals surface area contributed by atoms with Crippen molar-refractivity contribution in [1.82, 2.24) is 0 Å². The fourth-order valence-electron chi connectivity index (χ4n) is 5.89. The van der Waals surface area contributed by atoms with E-state index in [1.165, 1.54) is 11.1 Å². The van der Waals surface area contributed by atoms with Gasteiger partial charge >= 0.3 is 7.82 Å². The van der Waals surface area contributed by atoms with Gasteiger partial charge in [-0.25, -0.2) is 4.57 Å². The lowest BCUT2D eigenvalue weighted by molar-refractivity contribution is 0.283. The quantitative estimate of drug-likeness (QED) is 0.216. The Morgan fingerprint density at radius 2 is 0.933 bits per heavy atom. The Morgan fingerprint density at radius 1 is 0.511 bits per heavy atom. The topological polar surface area (TPSA) is 66.8 Å². The first kappa shape index (κ1) is 34.7. The summed E-state index contributed by atoms with van der Waals surface area (Å²) in [6.45, 7) is 26.4. The van der Waals surface area contributed by atoms with E-state index in [0.717, 1.165) is 38.9 Å². The van der Waals surface area contributed by atoms with Crippen LogP contribution in [0.4, 0.5) is 0 Å². The van der Waals surface area contributed by atoms with Gasteiger partial charge in [0.15, 0.2) is 0 Å².